The molecule has 6 rings (SSSR count). The van der Waals surface area contributed by atoms with Gasteiger partial charge in [-0.3, -0.25) is 14.2 Å². The standard InChI is InChI=1S/C29H30F4N6O3/c1-2-42-27(41)18-13-22-23(14-18)39(25(36-22)17-7-8-21(30)20(12-17)29(31,32)33)24-9-10-34-28(37-24)35-19-4-3-11-38(15-19)26(40)16-5-6-16/h7-10,12,16,18-19H,2-6,11,13-15H2,1H3,(H,34,35,37)/t18?,19-/m0/s1. The van der Waals surface area contributed by atoms with Gasteiger partial charge >= 0.3 is 12.1 Å². The maximum absolute atomic E-state index is 14.1. The van der Waals surface area contributed by atoms with E-state index in [-0.39, 0.29) is 54.7 Å². The lowest BCUT2D eigenvalue weighted by molar-refractivity contribution is -0.147. The molecular formula is C29H30F4N6O3. The molecule has 2 aliphatic carbocycles. The van der Waals surface area contributed by atoms with Crippen molar-refractivity contribution >= 4 is 17.8 Å². The lowest BCUT2D eigenvalue weighted by atomic mass is 10.1. The molecular weight excluding hydrogens is 556 g/mol. The van der Waals surface area contributed by atoms with Crippen LogP contribution in [-0.4, -0.2) is 62.0 Å². The average Bonchev–Trinajstić information content (AvgIpc) is 3.63. The highest BCUT2D eigenvalue weighted by molar-refractivity contribution is 5.81. The zero-order chi connectivity index (χ0) is 29.6. The number of piperidine rings is 1. The molecule has 1 amide bonds. The number of esters is 1. The molecule has 9 nitrogen and oxygen atoms in total. The van der Waals surface area contributed by atoms with Crippen molar-refractivity contribution in [3.8, 4) is 17.2 Å². The number of rotatable bonds is 7. The van der Waals surface area contributed by atoms with Crippen LogP contribution in [0.15, 0.2) is 30.5 Å². The molecule has 3 aromatic rings. The summed E-state index contributed by atoms with van der Waals surface area (Å²) in [5.41, 5.74) is -0.188. The first-order valence-electron chi connectivity index (χ1n) is 14.1. The van der Waals surface area contributed by atoms with Gasteiger partial charge in [0.1, 0.15) is 17.5 Å². The highest BCUT2D eigenvalue weighted by atomic mass is 19.4. The van der Waals surface area contributed by atoms with Crippen molar-refractivity contribution in [1.82, 2.24) is 24.4 Å². The van der Waals surface area contributed by atoms with E-state index in [2.05, 4.69) is 20.3 Å². The van der Waals surface area contributed by atoms with E-state index in [4.69, 9.17) is 4.74 Å². The van der Waals surface area contributed by atoms with Crippen LogP contribution in [0.5, 0.6) is 0 Å². The first-order valence-corrected chi connectivity index (χ1v) is 14.1. The summed E-state index contributed by atoms with van der Waals surface area (Å²) in [5.74, 6) is -1.15. The highest BCUT2D eigenvalue weighted by Gasteiger charge is 2.38. The zero-order valence-electron chi connectivity index (χ0n) is 23.0. The summed E-state index contributed by atoms with van der Waals surface area (Å²) in [7, 11) is 0. The number of carbonyl (C=O) groups is 2. The third-order valence-corrected chi connectivity index (χ3v) is 7.95. The number of nitrogens with one attached hydrogen (secondary N) is 1. The van der Waals surface area contributed by atoms with Crippen LogP contribution in [0.3, 0.4) is 0 Å². The van der Waals surface area contributed by atoms with Gasteiger partial charge in [-0.1, -0.05) is 0 Å². The molecule has 3 heterocycles. The first kappa shape index (κ1) is 28.1. The minimum atomic E-state index is -4.89. The number of carbonyl (C=O) groups excluding carboxylic acids is 2. The second-order valence-corrected chi connectivity index (χ2v) is 11.0. The van der Waals surface area contributed by atoms with Crippen molar-refractivity contribution in [2.45, 2.75) is 57.7 Å². The number of aromatic nitrogens is 4. The summed E-state index contributed by atoms with van der Waals surface area (Å²) in [6, 6.07) is 4.29. The van der Waals surface area contributed by atoms with E-state index in [9.17, 15) is 27.2 Å². The van der Waals surface area contributed by atoms with E-state index in [1.165, 1.54) is 12.3 Å². The number of nitrogens with zero attached hydrogens (tertiary/aromatic N) is 5. The fourth-order valence-electron chi connectivity index (χ4n) is 5.77. The number of alkyl halides is 3. The van der Waals surface area contributed by atoms with Crippen molar-refractivity contribution in [2.24, 2.45) is 11.8 Å². The largest absolute Gasteiger partial charge is 0.466 e. The van der Waals surface area contributed by atoms with Crippen LogP contribution in [0, 0.1) is 17.7 Å². The number of hydrogen-bond acceptors (Lipinski definition) is 7. The second kappa shape index (κ2) is 11.0. The Kier molecular flexibility index (Phi) is 7.36. The second-order valence-electron chi connectivity index (χ2n) is 11.0. The first-order chi connectivity index (χ1) is 20.1. The summed E-state index contributed by atoms with van der Waals surface area (Å²) in [6.45, 7) is 3.19. The van der Waals surface area contributed by atoms with Gasteiger partial charge in [-0.15, -0.1) is 0 Å². The number of halogens is 4. The Balaban J connectivity index is 1.34. The SMILES string of the molecule is CCOC(=O)C1Cc2nc(-c3ccc(F)c(C(F)(F)F)c3)n(-c3ccnc(N[C@H]4CCCN(C(=O)C5CC5)C4)n3)c2C1. The number of benzene rings is 1. The molecule has 1 aliphatic heterocycles. The number of amides is 1. The smallest absolute Gasteiger partial charge is 0.419 e. The van der Waals surface area contributed by atoms with E-state index in [1.54, 1.807) is 17.6 Å². The number of likely N-dealkylation sites (tertiary alicyclic amines) is 1. The van der Waals surface area contributed by atoms with E-state index >= 15 is 0 Å². The van der Waals surface area contributed by atoms with Crippen molar-refractivity contribution < 1.29 is 31.9 Å². The lowest BCUT2D eigenvalue weighted by Gasteiger charge is -2.33. The topological polar surface area (TPSA) is 102 Å². The number of imidazole rings is 1. The molecule has 2 aromatic heterocycles. The highest BCUT2D eigenvalue weighted by Crippen LogP contribution is 2.38. The van der Waals surface area contributed by atoms with Crippen LogP contribution in [0.4, 0.5) is 23.5 Å². The summed E-state index contributed by atoms with van der Waals surface area (Å²) < 4.78 is 61.6. The molecule has 0 bridgehead atoms. The van der Waals surface area contributed by atoms with Crippen LogP contribution < -0.4 is 5.32 Å². The molecule has 42 heavy (non-hydrogen) atoms. The molecule has 0 spiro atoms. The number of fused-ring (bicyclic) bond motifs is 1. The van der Waals surface area contributed by atoms with Gasteiger partial charge in [0, 0.05) is 55.3 Å². The fraction of sp³-hybridized carbons (Fsp3) is 0.483. The van der Waals surface area contributed by atoms with Gasteiger partial charge in [-0.25, -0.2) is 14.4 Å². The van der Waals surface area contributed by atoms with Crippen molar-refractivity contribution in [3.63, 3.8) is 0 Å². The maximum atomic E-state index is 14.1. The number of ether oxygens (including phenoxy) is 1. The predicted octanol–water partition coefficient (Wildman–Crippen LogP) is 4.58. The van der Waals surface area contributed by atoms with Crippen LogP contribution in [0.25, 0.3) is 17.2 Å². The summed E-state index contributed by atoms with van der Waals surface area (Å²) in [5, 5.41) is 3.31. The van der Waals surface area contributed by atoms with Crippen molar-refractivity contribution in [2.75, 3.05) is 25.0 Å². The predicted molar refractivity (Wildman–Crippen MR) is 143 cm³/mol. The molecule has 0 radical (unpaired) electrons. The van der Waals surface area contributed by atoms with Crippen molar-refractivity contribution in [1.29, 1.82) is 0 Å². The normalized spacial score (nSPS) is 20.4. The van der Waals surface area contributed by atoms with Gasteiger partial charge in [0.05, 0.1) is 23.8 Å². The summed E-state index contributed by atoms with van der Waals surface area (Å²) in [4.78, 5) is 40.6. The molecule has 222 valence electrons. The third kappa shape index (κ3) is 5.56. The summed E-state index contributed by atoms with van der Waals surface area (Å²) >= 11 is 0. The Hall–Kier alpha value is -4.03. The Morgan fingerprint density at radius 1 is 1.10 bits per heavy atom. The van der Waals surface area contributed by atoms with E-state index < -0.39 is 23.5 Å². The Morgan fingerprint density at radius 2 is 1.90 bits per heavy atom. The minimum Gasteiger partial charge on any atom is -0.466 e. The van der Waals surface area contributed by atoms with Gasteiger partial charge in [0.15, 0.2) is 0 Å². The Labute approximate surface area is 239 Å². The zero-order valence-corrected chi connectivity index (χ0v) is 23.0. The molecule has 3 aliphatic rings. The monoisotopic (exact) mass is 586 g/mol. The third-order valence-electron chi connectivity index (χ3n) is 7.95. The maximum Gasteiger partial charge on any atom is 0.419 e. The minimum absolute atomic E-state index is 0.0560. The van der Waals surface area contributed by atoms with Gasteiger partial charge in [-0.2, -0.15) is 18.2 Å². The van der Waals surface area contributed by atoms with Crippen LogP contribution in [0.2, 0.25) is 0 Å². The van der Waals surface area contributed by atoms with Gasteiger partial charge in [0.2, 0.25) is 11.9 Å². The summed E-state index contributed by atoms with van der Waals surface area (Å²) in [6.07, 6.45) is 0.682. The molecule has 1 unspecified atom stereocenters. The van der Waals surface area contributed by atoms with Crippen molar-refractivity contribution in [3.05, 3.63) is 53.2 Å². The molecule has 2 fully saturated rings. The number of anilines is 1. The molecule has 2 atom stereocenters. The quantitative estimate of drug-likeness (QED) is 0.320. The van der Waals surface area contributed by atoms with Crippen LogP contribution in [0.1, 0.15) is 49.6 Å². The van der Waals surface area contributed by atoms with E-state index in [1.807, 2.05) is 4.90 Å². The molecule has 1 saturated carbocycles. The van der Waals surface area contributed by atoms with Gasteiger partial charge in [0.25, 0.3) is 0 Å². The Morgan fingerprint density at radius 3 is 2.64 bits per heavy atom. The van der Waals surface area contributed by atoms with Gasteiger partial charge < -0.3 is 15.0 Å². The van der Waals surface area contributed by atoms with Crippen LogP contribution >= 0.6 is 0 Å². The van der Waals surface area contributed by atoms with Gasteiger partial charge in [-0.05, 0) is 56.9 Å². The van der Waals surface area contributed by atoms with Crippen LogP contribution in [-0.2, 0) is 33.3 Å². The van der Waals surface area contributed by atoms with E-state index in [0.717, 1.165) is 44.4 Å². The van der Waals surface area contributed by atoms with E-state index in [0.29, 0.717) is 29.7 Å². The molecule has 1 saturated heterocycles. The lowest BCUT2D eigenvalue weighted by Crippen LogP contribution is -2.45. The number of hydrogen-bond donors (Lipinski definition) is 1. The average molecular weight is 587 g/mol. The Bertz CT molecular complexity index is 1520. The molecule has 1 aromatic carbocycles. The molecule has 1 N–H and O–H groups in total. The molecule has 13 heteroatoms. The fourth-order valence-corrected chi connectivity index (χ4v) is 5.77.